The third-order valence-corrected chi connectivity index (χ3v) is 1.84. The maximum Gasteiger partial charge on any atom is 0.0604 e. The van der Waals surface area contributed by atoms with E-state index < -0.39 is 0 Å². The van der Waals surface area contributed by atoms with E-state index in [2.05, 4.69) is 17.0 Å². The van der Waals surface area contributed by atoms with Gasteiger partial charge in [-0.15, -0.1) is 5.16 Å². The van der Waals surface area contributed by atoms with Crippen LogP contribution in [0.2, 0.25) is 0 Å². The van der Waals surface area contributed by atoms with Gasteiger partial charge in [0.05, 0.1) is 6.21 Å². The smallest absolute Gasteiger partial charge is 0.0604 e. The highest BCUT2D eigenvalue weighted by atomic mass is 16.4. The first-order chi connectivity index (χ1) is 5.22. The van der Waals surface area contributed by atoms with Crippen molar-refractivity contribution >= 4 is 6.21 Å². The van der Waals surface area contributed by atoms with E-state index in [0.717, 1.165) is 6.54 Å². The lowest BCUT2D eigenvalue weighted by molar-refractivity contribution is 0.289. The van der Waals surface area contributed by atoms with Gasteiger partial charge in [-0.25, -0.2) is 0 Å². The molecule has 0 aromatic rings. The van der Waals surface area contributed by atoms with Gasteiger partial charge in [-0.1, -0.05) is 13.3 Å². The Labute approximate surface area is 68.7 Å². The van der Waals surface area contributed by atoms with Crippen molar-refractivity contribution in [2.45, 2.75) is 32.7 Å². The summed E-state index contributed by atoms with van der Waals surface area (Å²) in [4.78, 5) is 2.16. The Morgan fingerprint density at radius 1 is 1.64 bits per heavy atom. The number of nitrogens with zero attached hydrogens (tertiary/aromatic N) is 2. The largest absolute Gasteiger partial charge is 0.411 e. The van der Waals surface area contributed by atoms with Crippen LogP contribution < -0.4 is 0 Å². The molecule has 0 unspecified atom stereocenters. The Kier molecular flexibility index (Phi) is 5.84. The van der Waals surface area contributed by atoms with Gasteiger partial charge in [-0.3, -0.25) is 4.90 Å². The number of oxime groups is 1. The first-order valence-electron chi connectivity index (χ1n) is 4.10. The second-order valence-corrected chi connectivity index (χ2v) is 2.84. The monoisotopic (exact) mass is 158 g/mol. The van der Waals surface area contributed by atoms with Gasteiger partial charge in [0.1, 0.15) is 0 Å². The van der Waals surface area contributed by atoms with Gasteiger partial charge < -0.3 is 5.21 Å². The van der Waals surface area contributed by atoms with Crippen molar-refractivity contribution in [3.8, 4) is 0 Å². The Bertz CT molecular complexity index is 115. The van der Waals surface area contributed by atoms with Crippen LogP contribution in [0.3, 0.4) is 0 Å². The first-order valence-corrected chi connectivity index (χ1v) is 4.10. The molecule has 0 aromatic heterocycles. The summed E-state index contributed by atoms with van der Waals surface area (Å²) < 4.78 is 0. The fraction of sp³-hybridized carbons (Fsp3) is 0.875. The zero-order valence-corrected chi connectivity index (χ0v) is 7.62. The molecule has 0 aliphatic heterocycles. The number of rotatable bonds is 5. The summed E-state index contributed by atoms with van der Waals surface area (Å²) in [5, 5.41) is 11.3. The molecule has 11 heavy (non-hydrogen) atoms. The second kappa shape index (κ2) is 6.16. The van der Waals surface area contributed by atoms with E-state index in [1.807, 2.05) is 14.0 Å². The molecule has 0 aliphatic carbocycles. The van der Waals surface area contributed by atoms with Gasteiger partial charge in [0.2, 0.25) is 0 Å². The van der Waals surface area contributed by atoms with Gasteiger partial charge in [0.15, 0.2) is 0 Å². The number of hydrogen-bond acceptors (Lipinski definition) is 3. The van der Waals surface area contributed by atoms with Crippen LogP contribution >= 0.6 is 0 Å². The quantitative estimate of drug-likeness (QED) is 0.374. The number of hydrogen-bond donors (Lipinski definition) is 1. The van der Waals surface area contributed by atoms with Crippen molar-refractivity contribution < 1.29 is 5.21 Å². The summed E-state index contributed by atoms with van der Waals surface area (Å²) in [6.45, 7) is 5.23. The molecule has 0 saturated carbocycles. The van der Waals surface area contributed by atoms with Gasteiger partial charge in [-0.05, 0) is 26.9 Å². The van der Waals surface area contributed by atoms with E-state index in [9.17, 15) is 0 Å². The lowest BCUT2D eigenvalue weighted by atomic mass is 10.2. The summed E-state index contributed by atoms with van der Waals surface area (Å²) in [6.07, 6.45) is 3.93. The number of unbranched alkanes of at least 4 members (excludes halogenated alkanes) is 1. The fourth-order valence-corrected chi connectivity index (χ4v) is 0.821. The van der Waals surface area contributed by atoms with E-state index in [-0.39, 0.29) is 6.04 Å². The normalized spacial score (nSPS) is 14.5. The molecule has 1 atom stereocenters. The minimum Gasteiger partial charge on any atom is -0.411 e. The van der Waals surface area contributed by atoms with E-state index in [1.54, 1.807) is 0 Å². The molecule has 1 N–H and O–H groups in total. The molecule has 0 aromatic carbocycles. The predicted octanol–water partition coefficient (Wildman–Crippen LogP) is 1.57. The van der Waals surface area contributed by atoms with E-state index in [1.165, 1.54) is 19.1 Å². The molecule has 0 spiro atoms. The first kappa shape index (κ1) is 10.4. The van der Waals surface area contributed by atoms with Crippen molar-refractivity contribution in [3.63, 3.8) is 0 Å². The highest BCUT2D eigenvalue weighted by Crippen LogP contribution is 1.96. The average molecular weight is 158 g/mol. The fourth-order valence-electron chi connectivity index (χ4n) is 0.821. The van der Waals surface area contributed by atoms with E-state index >= 15 is 0 Å². The minimum absolute atomic E-state index is 0.228. The maximum absolute atomic E-state index is 8.25. The maximum atomic E-state index is 8.25. The van der Waals surface area contributed by atoms with Crippen LogP contribution in [-0.2, 0) is 0 Å². The zero-order valence-electron chi connectivity index (χ0n) is 7.62. The van der Waals surface area contributed by atoms with Gasteiger partial charge in [-0.2, -0.15) is 0 Å². The lowest BCUT2D eigenvalue weighted by Gasteiger charge is -2.19. The molecule has 3 nitrogen and oxygen atoms in total. The van der Waals surface area contributed by atoms with Crippen LogP contribution in [-0.4, -0.2) is 36.0 Å². The van der Waals surface area contributed by atoms with Crippen LogP contribution in [0.15, 0.2) is 5.16 Å². The molecule has 0 amide bonds. The van der Waals surface area contributed by atoms with Crippen molar-refractivity contribution in [1.82, 2.24) is 4.90 Å². The van der Waals surface area contributed by atoms with Crippen LogP contribution in [0.1, 0.15) is 26.7 Å². The Morgan fingerprint density at radius 2 is 2.27 bits per heavy atom. The molecular formula is C8H18N2O. The van der Waals surface area contributed by atoms with Crippen LogP contribution in [0.4, 0.5) is 0 Å². The molecular weight excluding hydrogens is 140 g/mol. The molecule has 0 radical (unpaired) electrons. The SMILES string of the molecule is CCCCN(C)[C@@H](C)/C=N\O. The van der Waals surface area contributed by atoms with Crippen LogP contribution in [0.5, 0.6) is 0 Å². The second-order valence-electron chi connectivity index (χ2n) is 2.84. The molecule has 0 bridgehead atoms. The van der Waals surface area contributed by atoms with Gasteiger partial charge in [0.25, 0.3) is 0 Å². The molecule has 0 aliphatic rings. The zero-order chi connectivity index (χ0) is 8.69. The average Bonchev–Trinajstić information content (AvgIpc) is 2.00. The minimum atomic E-state index is 0.228. The molecule has 0 saturated heterocycles. The lowest BCUT2D eigenvalue weighted by Crippen LogP contribution is -2.31. The van der Waals surface area contributed by atoms with E-state index in [4.69, 9.17) is 5.21 Å². The highest BCUT2D eigenvalue weighted by Gasteiger charge is 2.04. The van der Waals surface area contributed by atoms with Crippen LogP contribution in [0.25, 0.3) is 0 Å². The predicted molar refractivity (Wildman–Crippen MR) is 47.3 cm³/mol. The summed E-state index contributed by atoms with van der Waals surface area (Å²) in [5.74, 6) is 0. The van der Waals surface area contributed by atoms with Crippen molar-refractivity contribution in [2.75, 3.05) is 13.6 Å². The molecule has 66 valence electrons. The Hall–Kier alpha value is -0.570. The summed E-state index contributed by atoms with van der Waals surface area (Å²) in [5.41, 5.74) is 0. The molecule has 3 heteroatoms. The van der Waals surface area contributed by atoms with Crippen molar-refractivity contribution in [1.29, 1.82) is 0 Å². The third-order valence-electron chi connectivity index (χ3n) is 1.84. The van der Waals surface area contributed by atoms with Gasteiger partial charge >= 0.3 is 0 Å². The van der Waals surface area contributed by atoms with Crippen molar-refractivity contribution in [3.05, 3.63) is 0 Å². The third kappa shape index (κ3) is 4.79. The van der Waals surface area contributed by atoms with E-state index in [0.29, 0.717) is 0 Å². The summed E-state index contributed by atoms with van der Waals surface area (Å²) in [6, 6.07) is 0.228. The molecule has 0 heterocycles. The highest BCUT2D eigenvalue weighted by molar-refractivity contribution is 5.62. The standard InChI is InChI=1S/C8H18N2O/c1-4-5-6-10(3)8(2)7-9-11/h7-8,11H,4-6H2,1-3H3/b9-7-/t8-/m0/s1. The topological polar surface area (TPSA) is 35.8 Å². The van der Waals surface area contributed by atoms with Gasteiger partial charge in [0, 0.05) is 6.04 Å². The Morgan fingerprint density at radius 3 is 2.73 bits per heavy atom. The summed E-state index contributed by atoms with van der Waals surface area (Å²) in [7, 11) is 2.03. The van der Waals surface area contributed by atoms with Crippen LogP contribution in [0, 0.1) is 0 Å². The molecule has 0 rings (SSSR count). The van der Waals surface area contributed by atoms with Crippen molar-refractivity contribution in [2.24, 2.45) is 5.16 Å². The molecule has 0 fully saturated rings. The Balaban J connectivity index is 3.54. The summed E-state index contributed by atoms with van der Waals surface area (Å²) >= 11 is 0.